The lowest BCUT2D eigenvalue weighted by Crippen LogP contribution is -1.96. The van der Waals surface area contributed by atoms with E-state index in [1.165, 1.54) is 0 Å². The molecule has 0 aliphatic rings. The number of rotatable bonds is 3. The lowest BCUT2D eigenvalue weighted by atomic mass is 10.1. The van der Waals surface area contributed by atoms with Gasteiger partial charge in [-0.05, 0) is 24.5 Å². The Balaban J connectivity index is 2.78. The monoisotopic (exact) mass is 185 g/mol. The molecular formula is C9H12ClNO. The summed E-state index contributed by atoms with van der Waals surface area (Å²) < 4.78 is 0. The number of benzene rings is 1. The van der Waals surface area contributed by atoms with Gasteiger partial charge in [0.2, 0.25) is 0 Å². The van der Waals surface area contributed by atoms with E-state index in [0.717, 1.165) is 18.4 Å². The number of hydrogen-bond donors (Lipinski definition) is 2. The van der Waals surface area contributed by atoms with Crippen molar-refractivity contribution < 1.29 is 5.11 Å². The Kier molecular flexibility index (Phi) is 3.38. The summed E-state index contributed by atoms with van der Waals surface area (Å²) in [7, 11) is 0. The van der Waals surface area contributed by atoms with Crippen molar-refractivity contribution in [3.8, 4) is 0 Å². The second-order valence-electron chi connectivity index (χ2n) is 2.64. The van der Waals surface area contributed by atoms with E-state index in [4.69, 9.17) is 22.4 Å². The fourth-order valence-electron chi connectivity index (χ4n) is 1.07. The molecule has 0 aliphatic heterocycles. The first-order chi connectivity index (χ1) is 5.75. The maximum atomic E-state index is 8.61. The van der Waals surface area contributed by atoms with E-state index < -0.39 is 0 Å². The van der Waals surface area contributed by atoms with Crippen LogP contribution < -0.4 is 5.73 Å². The number of nitrogens with two attached hydrogens (primary N) is 1. The predicted octanol–water partition coefficient (Wildman–Crippen LogP) is 1.85. The average Bonchev–Trinajstić information content (AvgIpc) is 2.08. The van der Waals surface area contributed by atoms with Gasteiger partial charge in [-0.2, -0.15) is 0 Å². The van der Waals surface area contributed by atoms with Gasteiger partial charge >= 0.3 is 0 Å². The third-order valence-electron chi connectivity index (χ3n) is 1.75. The number of hydrogen-bond acceptors (Lipinski definition) is 2. The van der Waals surface area contributed by atoms with Gasteiger partial charge in [-0.3, -0.25) is 0 Å². The molecule has 0 unspecified atom stereocenters. The summed E-state index contributed by atoms with van der Waals surface area (Å²) in [5.41, 5.74) is 7.35. The highest BCUT2D eigenvalue weighted by atomic mass is 35.5. The number of aliphatic hydroxyl groups is 1. The Labute approximate surface area is 77.0 Å². The van der Waals surface area contributed by atoms with Gasteiger partial charge in [-0.1, -0.05) is 23.7 Å². The van der Waals surface area contributed by atoms with Crippen molar-refractivity contribution >= 4 is 17.3 Å². The predicted molar refractivity (Wildman–Crippen MR) is 51.3 cm³/mol. The third-order valence-corrected chi connectivity index (χ3v) is 2.08. The van der Waals surface area contributed by atoms with Crippen LogP contribution in [0.3, 0.4) is 0 Å². The minimum Gasteiger partial charge on any atom is -0.397 e. The van der Waals surface area contributed by atoms with Gasteiger partial charge < -0.3 is 10.8 Å². The molecule has 3 N–H and O–H groups in total. The first-order valence-corrected chi connectivity index (χ1v) is 4.27. The van der Waals surface area contributed by atoms with E-state index in [0.29, 0.717) is 10.7 Å². The molecule has 1 aromatic carbocycles. The zero-order valence-corrected chi connectivity index (χ0v) is 7.51. The number of halogens is 1. The minimum atomic E-state index is 0.186. The fourth-order valence-corrected chi connectivity index (χ4v) is 1.26. The molecule has 0 spiro atoms. The zero-order chi connectivity index (χ0) is 8.97. The number of aliphatic hydroxyl groups excluding tert-OH is 1. The Morgan fingerprint density at radius 1 is 1.42 bits per heavy atom. The number of nitrogen functional groups attached to an aromatic ring is 1. The SMILES string of the molecule is Nc1c(Cl)cccc1CCCO. The van der Waals surface area contributed by atoms with Crippen molar-refractivity contribution in [2.75, 3.05) is 12.3 Å². The van der Waals surface area contributed by atoms with Gasteiger partial charge in [-0.25, -0.2) is 0 Å². The standard InChI is InChI=1S/C9H12ClNO/c10-8-5-1-3-7(9(8)11)4-2-6-12/h1,3,5,12H,2,4,6,11H2. The summed E-state index contributed by atoms with van der Waals surface area (Å²) in [5, 5.41) is 9.20. The summed E-state index contributed by atoms with van der Waals surface area (Å²) in [5.74, 6) is 0. The number of aryl methyl sites for hydroxylation is 1. The highest BCUT2D eigenvalue weighted by molar-refractivity contribution is 6.33. The van der Waals surface area contributed by atoms with Crippen LogP contribution >= 0.6 is 11.6 Å². The molecule has 2 nitrogen and oxygen atoms in total. The second kappa shape index (κ2) is 4.33. The topological polar surface area (TPSA) is 46.2 Å². The summed E-state index contributed by atoms with van der Waals surface area (Å²) in [4.78, 5) is 0. The fraction of sp³-hybridized carbons (Fsp3) is 0.333. The van der Waals surface area contributed by atoms with Crippen LogP contribution in [-0.4, -0.2) is 11.7 Å². The third kappa shape index (κ3) is 2.13. The van der Waals surface area contributed by atoms with E-state index in [1.54, 1.807) is 6.07 Å². The maximum absolute atomic E-state index is 8.61. The van der Waals surface area contributed by atoms with Gasteiger partial charge in [0.05, 0.1) is 10.7 Å². The second-order valence-corrected chi connectivity index (χ2v) is 3.05. The molecule has 0 amide bonds. The smallest absolute Gasteiger partial charge is 0.0638 e. The van der Waals surface area contributed by atoms with Gasteiger partial charge in [0.25, 0.3) is 0 Å². The van der Waals surface area contributed by atoms with E-state index in [2.05, 4.69) is 0 Å². The van der Waals surface area contributed by atoms with Crippen molar-refractivity contribution in [1.29, 1.82) is 0 Å². The van der Waals surface area contributed by atoms with E-state index >= 15 is 0 Å². The highest BCUT2D eigenvalue weighted by Crippen LogP contribution is 2.23. The Morgan fingerprint density at radius 3 is 2.83 bits per heavy atom. The first kappa shape index (κ1) is 9.36. The summed E-state index contributed by atoms with van der Waals surface area (Å²) >= 11 is 5.81. The molecular weight excluding hydrogens is 174 g/mol. The van der Waals surface area contributed by atoms with Crippen molar-refractivity contribution in [3.05, 3.63) is 28.8 Å². The van der Waals surface area contributed by atoms with Crippen LogP contribution in [0.2, 0.25) is 5.02 Å². The Morgan fingerprint density at radius 2 is 2.17 bits per heavy atom. The van der Waals surface area contributed by atoms with Crippen LogP contribution in [-0.2, 0) is 6.42 Å². The maximum Gasteiger partial charge on any atom is 0.0638 e. The quantitative estimate of drug-likeness (QED) is 0.706. The van der Waals surface area contributed by atoms with Crippen LogP contribution in [0, 0.1) is 0 Å². The highest BCUT2D eigenvalue weighted by Gasteiger charge is 2.01. The van der Waals surface area contributed by atoms with Crippen LogP contribution in [0.1, 0.15) is 12.0 Å². The van der Waals surface area contributed by atoms with Crippen LogP contribution in [0.25, 0.3) is 0 Å². The Hall–Kier alpha value is -0.730. The largest absolute Gasteiger partial charge is 0.397 e. The van der Waals surface area contributed by atoms with E-state index in [-0.39, 0.29) is 6.61 Å². The molecule has 3 heteroatoms. The summed E-state index contributed by atoms with van der Waals surface area (Å²) in [6.45, 7) is 0.186. The molecule has 0 atom stereocenters. The summed E-state index contributed by atoms with van der Waals surface area (Å²) in [6.07, 6.45) is 1.51. The molecule has 66 valence electrons. The molecule has 1 rings (SSSR count). The molecule has 12 heavy (non-hydrogen) atoms. The molecule has 0 bridgehead atoms. The minimum absolute atomic E-state index is 0.186. The molecule has 0 heterocycles. The first-order valence-electron chi connectivity index (χ1n) is 3.89. The Bertz CT molecular complexity index is 263. The van der Waals surface area contributed by atoms with Crippen molar-refractivity contribution in [1.82, 2.24) is 0 Å². The van der Waals surface area contributed by atoms with Crippen LogP contribution in [0.15, 0.2) is 18.2 Å². The number of para-hydroxylation sites is 1. The lowest BCUT2D eigenvalue weighted by molar-refractivity contribution is 0.288. The lowest BCUT2D eigenvalue weighted by Gasteiger charge is -2.05. The molecule has 0 saturated heterocycles. The van der Waals surface area contributed by atoms with E-state index in [9.17, 15) is 0 Å². The zero-order valence-electron chi connectivity index (χ0n) is 6.76. The molecule has 0 aliphatic carbocycles. The van der Waals surface area contributed by atoms with Gasteiger partial charge in [0.15, 0.2) is 0 Å². The van der Waals surface area contributed by atoms with Crippen molar-refractivity contribution in [2.45, 2.75) is 12.8 Å². The van der Waals surface area contributed by atoms with Gasteiger partial charge in [0, 0.05) is 6.61 Å². The van der Waals surface area contributed by atoms with Crippen LogP contribution in [0.5, 0.6) is 0 Å². The average molecular weight is 186 g/mol. The molecule has 0 radical (unpaired) electrons. The molecule has 1 aromatic rings. The normalized spacial score (nSPS) is 10.2. The molecule has 0 saturated carbocycles. The van der Waals surface area contributed by atoms with Gasteiger partial charge in [0.1, 0.15) is 0 Å². The van der Waals surface area contributed by atoms with E-state index in [1.807, 2.05) is 12.1 Å². The molecule has 0 fully saturated rings. The number of anilines is 1. The van der Waals surface area contributed by atoms with Crippen molar-refractivity contribution in [2.24, 2.45) is 0 Å². The van der Waals surface area contributed by atoms with Gasteiger partial charge in [-0.15, -0.1) is 0 Å². The summed E-state index contributed by atoms with van der Waals surface area (Å²) in [6, 6.07) is 5.56. The van der Waals surface area contributed by atoms with Crippen molar-refractivity contribution in [3.63, 3.8) is 0 Å². The van der Waals surface area contributed by atoms with Crippen LogP contribution in [0.4, 0.5) is 5.69 Å². The molecule has 0 aromatic heterocycles.